The molecule has 0 spiro atoms. The molecule has 0 atom stereocenters. The molecule has 0 radical (unpaired) electrons. The van der Waals surface area contributed by atoms with Crippen LogP contribution in [0.4, 0.5) is 0 Å². The Kier molecular flexibility index (Phi) is 11.5. The summed E-state index contributed by atoms with van der Waals surface area (Å²) in [5.74, 6) is -0.0527. The number of carbonyl (C=O) groups is 2. The number of rotatable bonds is 15. The van der Waals surface area contributed by atoms with Crippen molar-refractivity contribution < 1.29 is 14.3 Å². The molecule has 2 rings (SSSR count). The van der Waals surface area contributed by atoms with E-state index in [2.05, 4.69) is 6.92 Å². The molecular formula is C27H34O3. The molecule has 0 aliphatic carbocycles. The Balaban J connectivity index is 1.90. The molecule has 0 aliphatic rings. The summed E-state index contributed by atoms with van der Waals surface area (Å²) in [6, 6.07) is 19.1. The number of allylic oxidation sites excluding steroid dienone is 1. The van der Waals surface area contributed by atoms with E-state index < -0.39 is 0 Å². The highest BCUT2D eigenvalue weighted by molar-refractivity contribution is 6.09. The lowest BCUT2D eigenvalue weighted by Crippen LogP contribution is -2.09. The highest BCUT2D eigenvalue weighted by atomic mass is 16.5. The molecule has 0 aromatic heterocycles. The van der Waals surface area contributed by atoms with E-state index in [1.54, 1.807) is 12.1 Å². The third-order valence-electron chi connectivity index (χ3n) is 5.11. The average molecular weight is 407 g/mol. The normalized spacial score (nSPS) is 11.4. The Morgan fingerprint density at radius 2 is 1.43 bits per heavy atom. The Morgan fingerprint density at radius 1 is 0.800 bits per heavy atom. The number of unbranched alkanes of at least 4 members (excludes halogenated alkanes) is 5. The summed E-state index contributed by atoms with van der Waals surface area (Å²) in [7, 11) is 0. The van der Waals surface area contributed by atoms with Gasteiger partial charge in [-0.05, 0) is 24.5 Å². The second-order valence-electron chi connectivity index (χ2n) is 7.63. The van der Waals surface area contributed by atoms with Gasteiger partial charge in [-0.2, -0.15) is 0 Å². The number of benzene rings is 2. The summed E-state index contributed by atoms with van der Waals surface area (Å²) in [6.07, 6.45) is 9.29. The zero-order valence-corrected chi connectivity index (χ0v) is 18.1. The number of hydrogen-bond donors (Lipinski definition) is 0. The first kappa shape index (κ1) is 23.8. The molecule has 30 heavy (non-hydrogen) atoms. The van der Waals surface area contributed by atoms with Crippen molar-refractivity contribution in [2.45, 2.75) is 64.9 Å². The van der Waals surface area contributed by atoms with Crippen LogP contribution >= 0.6 is 0 Å². The first-order valence-electron chi connectivity index (χ1n) is 11.2. The highest BCUT2D eigenvalue weighted by Crippen LogP contribution is 2.14. The van der Waals surface area contributed by atoms with Crippen LogP contribution in [0.15, 0.2) is 72.3 Å². The number of carbonyl (C=O) groups excluding carboxylic acids is 2. The van der Waals surface area contributed by atoms with E-state index in [1.807, 2.05) is 48.5 Å². The molecule has 0 saturated carbocycles. The Morgan fingerprint density at radius 3 is 2.13 bits per heavy atom. The van der Waals surface area contributed by atoms with Crippen LogP contribution < -0.4 is 0 Å². The van der Waals surface area contributed by atoms with Crippen LogP contribution in [0.3, 0.4) is 0 Å². The van der Waals surface area contributed by atoms with Crippen LogP contribution in [0.25, 0.3) is 0 Å². The Labute approximate surface area is 181 Å². The van der Waals surface area contributed by atoms with Crippen molar-refractivity contribution in [3.63, 3.8) is 0 Å². The topological polar surface area (TPSA) is 43.4 Å². The fraction of sp³-hybridized carbons (Fsp3) is 0.407. The quantitative estimate of drug-likeness (QED) is 0.187. The first-order chi connectivity index (χ1) is 14.7. The van der Waals surface area contributed by atoms with Gasteiger partial charge in [0.2, 0.25) is 0 Å². The third kappa shape index (κ3) is 9.32. The molecule has 0 saturated heterocycles. The van der Waals surface area contributed by atoms with E-state index >= 15 is 0 Å². The second-order valence-corrected chi connectivity index (χ2v) is 7.63. The van der Waals surface area contributed by atoms with Crippen molar-refractivity contribution in [2.24, 2.45) is 0 Å². The molecule has 0 aliphatic heterocycles. The number of ether oxygens (including phenoxy) is 1. The Bertz CT molecular complexity index is 778. The minimum atomic E-state index is -0.120. The van der Waals surface area contributed by atoms with E-state index in [9.17, 15) is 9.59 Å². The molecule has 0 heterocycles. The molecule has 0 fully saturated rings. The summed E-state index contributed by atoms with van der Waals surface area (Å²) in [5, 5.41) is 0. The van der Waals surface area contributed by atoms with Crippen molar-refractivity contribution in [1.29, 1.82) is 0 Å². The lowest BCUT2D eigenvalue weighted by molar-refractivity contribution is -0.116. The maximum atomic E-state index is 12.8. The summed E-state index contributed by atoms with van der Waals surface area (Å²) in [5.41, 5.74) is 2.28. The zero-order valence-electron chi connectivity index (χ0n) is 18.1. The number of hydrogen-bond acceptors (Lipinski definition) is 3. The lowest BCUT2D eigenvalue weighted by atomic mass is 9.99. The maximum absolute atomic E-state index is 12.8. The minimum absolute atomic E-state index is 0.0677. The van der Waals surface area contributed by atoms with Gasteiger partial charge in [0.15, 0.2) is 11.6 Å². The molecule has 160 valence electrons. The largest absolute Gasteiger partial charge is 0.376 e. The monoisotopic (exact) mass is 406 g/mol. The highest BCUT2D eigenvalue weighted by Gasteiger charge is 2.13. The first-order valence-corrected chi connectivity index (χ1v) is 11.2. The van der Waals surface area contributed by atoms with Crippen molar-refractivity contribution in [2.75, 3.05) is 6.61 Å². The van der Waals surface area contributed by atoms with Gasteiger partial charge in [0.25, 0.3) is 0 Å². The van der Waals surface area contributed by atoms with Crippen LogP contribution in [-0.4, -0.2) is 18.2 Å². The van der Waals surface area contributed by atoms with Gasteiger partial charge in [-0.25, -0.2) is 0 Å². The fourth-order valence-corrected chi connectivity index (χ4v) is 3.31. The van der Waals surface area contributed by atoms with Crippen molar-refractivity contribution >= 4 is 11.6 Å². The van der Waals surface area contributed by atoms with Gasteiger partial charge >= 0.3 is 0 Å². The number of Topliss-reactive ketones (excluding diaryl/α,β-unsaturated/α-hetero) is 1. The minimum Gasteiger partial charge on any atom is -0.376 e. The summed E-state index contributed by atoms with van der Waals surface area (Å²) in [6.45, 7) is 3.13. The molecule has 2 aromatic rings. The average Bonchev–Trinajstić information content (AvgIpc) is 2.79. The van der Waals surface area contributed by atoms with E-state index in [0.717, 1.165) is 18.4 Å². The SMILES string of the molecule is CCCCCCCCC(=O)/C(=C/C(=O)c1ccccc1)CCOCc1ccccc1. The fourth-order valence-electron chi connectivity index (χ4n) is 3.31. The van der Waals surface area contributed by atoms with Gasteiger partial charge in [0, 0.05) is 17.6 Å². The van der Waals surface area contributed by atoms with E-state index in [1.165, 1.54) is 31.8 Å². The lowest BCUT2D eigenvalue weighted by Gasteiger charge is -2.09. The van der Waals surface area contributed by atoms with Gasteiger partial charge in [0.05, 0.1) is 13.2 Å². The Hall–Kier alpha value is -2.52. The smallest absolute Gasteiger partial charge is 0.186 e. The molecule has 3 heteroatoms. The van der Waals surface area contributed by atoms with Crippen LogP contribution in [0.2, 0.25) is 0 Å². The van der Waals surface area contributed by atoms with Gasteiger partial charge in [-0.1, -0.05) is 99.7 Å². The van der Waals surface area contributed by atoms with Crippen molar-refractivity contribution in [3.8, 4) is 0 Å². The van der Waals surface area contributed by atoms with E-state index in [-0.39, 0.29) is 11.6 Å². The van der Waals surface area contributed by atoms with Gasteiger partial charge < -0.3 is 4.74 Å². The molecular weight excluding hydrogens is 372 g/mol. The molecule has 0 N–H and O–H groups in total. The predicted molar refractivity (Wildman–Crippen MR) is 123 cm³/mol. The van der Waals surface area contributed by atoms with Gasteiger partial charge in [-0.3, -0.25) is 9.59 Å². The standard InChI is InChI=1S/C27H34O3/c1-2-3-4-5-6-13-18-26(28)25(21-27(29)24-16-11-8-12-17-24)19-20-30-22-23-14-9-7-10-15-23/h7-12,14-17,21H,2-6,13,18-20,22H2,1H3/b25-21+. The third-order valence-corrected chi connectivity index (χ3v) is 5.11. The van der Waals surface area contributed by atoms with E-state index in [4.69, 9.17) is 4.74 Å². The van der Waals surface area contributed by atoms with Crippen molar-refractivity contribution in [3.05, 3.63) is 83.4 Å². The second kappa shape index (κ2) is 14.5. The summed E-state index contributed by atoms with van der Waals surface area (Å²) >= 11 is 0. The molecule has 3 nitrogen and oxygen atoms in total. The molecule has 0 unspecified atom stereocenters. The zero-order chi connectivity index (χ0) is 21.4. The van der Waals surface area contributed by atoms with Gasteiger partial charge in [-0.15, -0.1) is 0 Å². The molecule has 2 aromatic carbocycles. The molecule has 0 amide bonds. The number of ketones is 2. The summed E-state index contributed by atoms with van der Waals surface area (Å²) < 4.78 is 5.75. The van der Waals surface area contributed by atoms with Gasteiger partial charge in [0.1, 0.15) is 0 Å². The maximum Gasteiger partial charge on any atom is 0.186 e. The van der Waals surface area contributed by atoms with Crippen molar-refractivity contribution in [1.82, 2.24) is 0 Å². The van der Waals surface area contributed by atoms with Crippen LogP contribution in [0.1, 0.15) is 74.2 Å². The van der Waals surface area contributed by atoms with E-state index in [0.29, 0.717) is 37.2 Å². The van der Waals surface area contributed by atoms with Crippen LogP contribution in [0, 0.1) is 0 Å². The predicted octanol–water partition coefficient (Wildman–Crippen LogP) is 6.72. The van der Waals surface area contributed by atoms with Crippen LogP contribution in [0.5, 0.6) is 0 Å². The molecule has 0 bridgehead atoms. The summed E-state index contributed by atoms with van der Waals surface area (Å²) in [4.78, 5) is 25.4. The van der Waals surface area contributed by atoms with Crippen LogP contribution in [-0.2, 0) is 16.1 Å².